The van der Waals surface area contributed by atoms with E-state index in [1.165, 1.54) is 0 Å². The lowest BCUT2D eigenvalue weighted by molar-refractivity contribution is -0.119. The molecule has 6 heteroatoms. The van der Waals surface area contributed by atoms with Gasteiger partial charge in [-0.1, -0.05) is 29.8 Å². The summed E-state index contributed by atoms with van der Waals surface area (Å²) in [5.41, 5.74) is 1.83. The van der Waals surface area contributed by atoms with E-state index in [2.05, 4.69) is 10.6 Å². The lowest BCUT2D eigenvalue weighted by Crippen LogP contribution is -2.31. The fourth-order valence-corrected chi connectivity index (χ4v) is 2.64. The molecule has 0 aliphatic heterocycles. The van der Waals surface area contributed by atoms with Gasteiger partial charge in [0.25, 0.3) is 0 Å². The maximum Gasteiger partial charge on any atom is 0.239 e. The lowest BCUT2D eigenvalue weighted by Gasteiger charge is -2.13. The Balaban J connectivity index is 1.80. The molecule has 140 valence electrons. The number of carbonyl (C=O) groups excluding carboxylic acids is 1. The molecule has 0 aromatic heterocycles. The average molecular weight is 377 g/mol. The molecule has 0 unspecified atom stereocenters. The Morgan fingerprint density at radius 2 is 1.77 bits per heavy atom. The number of amides is 1. The van der Waals surface area contributed by atoms with Gasteiger partial charge in [-0.25, -0.2) is 0 Å². The summed E-state index contributed by atoms with van der Waals surface area (Å²) >= 11 is 6.05. The summed E-state index contributed by atoms with van der Waals surface area (Å²) in [7, 11) is 0. The Kier molecular flexibility index (Phi) is 8.09. The van der Waals surface area contributed by atoms with Crippen LogP contribution in [-0.4, -0.2) is 32.2 Å². The quantitative estimate of drug-likeness (QED) is 0.660. The van der Waals surface area contributed by atoms with Crippen molar-refractivity contribution in [3.05, 3.63) is 53.1 Å². The Labute approximate surface area is 159 Å². The van der Waals surface area contributed by atoms with Gasteiger partial charge in [-0.15, -0.1) is 0 Å². The number of anilines is 1. The van der Waals surface area contributed by atoms with E-state index in [9.17, 15) is 4.79 Å². The number of nitrogens with one attached hydrogen (secondary N) is 2. The molecule has 26 heavy (non-hydrogen) atoms. The van der Waals surface area contributed by atoms with Crippen molar-refractivity contribution in [1.29, 1.82) is 0 Å². The predicted molar refractivity (Wildman–Crippen MR) is 105 cm³/mol. The molecule has 0 fully saturated rings. The van der Waals surface area contributed by atoms with Crippen LogP contribution < -0.4 is 20.1 Å². The molecule has 2 N–H and O–H groups in total. The molecule has 0 heterocycles. The Bertz CT molecular complexity index is 722. The predicted octanol–water partition coefficient (Wildman–Crippen LogP) is 3.91. The summed E-state index contributed by atoms with van der Waals surface area (Å²) < 4.78 is 11.2. The third-order valence-corrected chi connectivity index (χ3v) is 3.99. The fourth-order valence-electron chi connectivity index (χ4n) is 2.44. The highest BCUT2D eigenvalue weighted by molar-refractivity contribution is 6.33. The van der Waals surface area contributed by atoms with Crippen molar-refractivity contribution in [1.82, 2.24) is 5.32 Å². The molecule has 1 amide bonds. The van der Waals surface area contributed by atoms with E-state index in [-0.39, 0.29) is 12.5 Å². The minimum atomic E-state index is -0.0825. The minimum Gasteiger partial charge on any atom is -0.490 e. The first-order chi connectivity index (χ1) is 12.6. The zero-order chi connectivity index (χ0) is 18.8. The number of hydrogen-bond acceptors (Lipinski definition) is 4. The van der Waals surface area contributed by atoms with E-state index in [0.29, 0.717) is 31.2 Å². The molecule has 0 radical (unpaired) electrons. The van der Waals surface area contributed by atoms with Gasteiger partial charge in [-0.05, 0) is 50.1 Å². The van der Waals surface area contributed by atoms with E-state index >= 15 is 0 Å². The second kappa shape index (κ2) is 10.6. The molecule has 0 aliphatic carbocycles. The SMILES string of the molecule is CCOc1ccc(CCNC(=O)CNc2ccccc2Cl)cc1OCC. The molecule has 2 rings (SSSR count). The molecular weight excluding hydrogens is 352 g/mol. The van der Waals surface area contributed by atoms with E-state index in [0.717, 1.165) is 22.7 Å². The van der Waals surface area contributed by atoms with Gasteiger partial charge < -0.3 is 20.1 Å². The summed E-state index contributed by atoms with van der Waals surface area (Å²) in [6.45, 7) is 5.77. The molecule has 0 saturated carbocycles. The molecule has 0 spiro atoms. The largest absolute Gasteiger partial charge is 0.490 e. The van der Waals surface area contributed by atoms with Crippen molar-refractivity contribution in [3.8, 4) is 11.5 Å². The molecule has 2 aromatic carbocycles. The smallest absolute Gasteiger partial charge is 0.239 e. The van der Waals surface area contributed by atoms with Crippen LogP contribution in [-0.2, 0) is 11.2 Å². The highest BCUT2D eigenvalue weighted by Gasteiger charge is 2.07. The van der Waals surface area contributed by atoms with E-state index < -0.39 is 0 Å². The van der Waals surface area contributed by atoms with Gasteiger partial charge in [0.15, 0.2) is 11.5 Å². The number of carbonyl (C=O) groups is 1. The topological polar surface area (TPSA) is 59.6 Å². The summed E-state index contributed by atoms with van der Waals surface area (Å²) in [6.07, 6.45) is 0.713. The Hall–Kier alpha value is -2.40. The maximum absolute atomic E-state index is 12.0. The minimum absolute atomic E-state index is 0.0825. The van der Waals surface area contributed by atoms with E-state index in [1.807, 2.05) is 50.2 Å². The van der Waals surface area contributed by atoms with Crippen LogP contribution in [0.3, 0.4) is 0 Å². The van der Waals surface area contributed by atoms with E-state index in [1.54, 1.807) is 6.07 Å². The van der Waals surface area contributed by atoms with Crippen LogP contribution >= 0.6 is 11.6 Å². The van der Waals surface area contributed by atoms with Crippen LogP contribution in [0.1, 0.15) is 19.4 Å². The second-order valence-electron chi connectivity index (χ2n) is 5.58. The van der Waals surface area contributed by atoms with Crippen molar-refractivity contribution in [2.75, 3.05) is 31.6 Å². The first-order valence-electron chi connectivity index (χ1n) is 8.77. The van der Waals surface area contributed by atoms with E-state index in [4.69, 9.17) is 21.1 Å². The number of ether oxygens (including phenoxy) is 2. The fraction of sp³-hybridized carbons (Fsp3) is 0.350. The first kappa shape index (κ1) is 19.9. The highest BCUT2D eigenvalue weighted by Crippen LogP contribution is 2.28. The number of para-hydroxylation sites is 1. The Morgan fingerprint density at radius 1 is 1.04 bits per heavy atom. The first-order valence-corrected chi connectivity index (χ1v) is 9.15. The summed E-state index contributed by atoms with van der Waals surface area (Å²) in [5.74, 6) is 1.39. The van der Waals surface area contributed by atoms with Crippen molar-refractivity contribution >= 4 is 23.2 Å². The number of benzene rings is 2. The zero-order valence-corrected chi connectivity index (χ0v) is 15.9. The number of halogens is 1. The summed E-state index contributed by atoms with van der Waals surface area (Å²) in [6, 6.07) is 13.2. The zero-order valence-electron chi connectivity index (χ0n) is 15.2. The standard InChI is InChI=1S/C20H25ClN2O3/c1-3-25-18-10-9-15(13-19(18)26-4-2)11-12-22-20(24)14-23-17-8-6-5-7-16(17)21/h5-10,13,23H,3-4,11-12,14H2,1-2H3,(H,22,24). The molecule has 0 saturated heterocycles. The monoisotopic (exact) mass is 376 g/mol. The van der Waals surface area contributed by atoms with Crippen LogP contribution in [0.5, 0.6) is 11.5 Å². The van der Waals surface area contributed by atoms with Gasteiger partial charge >= 0.3 is 0 Å². The lowest BCUT2D eigenvalue weighted by atomic mass is 10.1. The summed E-state index contributed by atoms with van der Waals surface area (Å²) in [5, 5.41) is 6.52. The summed E-state index contributed by atoms with van der Waals surface area (Å²) in [4.78, 5) is 12.0. The third kappa shape index (κ3) is 6.15. The van der Waals surface area contributed by atoms with Crippen LogP contribution in [0.4, 0.5) is 5.69 Å². The van der Waals surface area contributed by atoms with Crippen molar-refractivity contribution < 1.29 is 14.3 Å². The molecule has 0 aliphatic rings. The van der Waals surface area contributed by atoms with Gasteiger partial charge in [-0.2, -0.15) is 0 Å². The van der Waals surface area contributed by atoms with Gasteiger partial charge in [0, 0.05) is 6.54 Å². The van der Waals surface area contributed by atoms with Crippen LogP contribution in [0.25, 0.3) is 0 Å². The number of rotatable bonds is 10. The average Bonchev–Trinajstić information content (AvgIpc) is 2.63. The normalized spacial score (nSPS) is 10.3. The molecule has 5 nitrogen and oxygen atoms in total. The molecule has 0 atom stereocenters. The third-order valence-electron chi connectivity index (χ3n) is 3.66. The highest BCUT2D eigenvalue weighted by atomic mass is 35.5. The van der Waals surface area contributed by atoms with Gasteiger partial charge in [0.1, 0.15) is 0 Å². The molecule has 2 aromatic rings. The molecule has 0 bridgehead atoms. The van der Waals surface area contributed by atoms with Gasteiger partial charge in [0.05, 0.1) is 30.5 Å². The second-order valence-corrected chi connectivity index (χ2v) is 5.99. The number of hydrogen-bond donors (Lipinski definition) is 2. The van der Waals surface area contributed by atoms with Gasteiger partial charge in [-0.3, -0.25) is 4.79 Å². The van der Waals surface area contributed by atoms with Crippen molar-refractivity contribution in [3.63, 3.8) is 0 Å². The van der Waals surface area contributed by atoms with Crippen LogP contribution in [0.15, 0.2) is 42.5 Å². The Morgan fingerprint density at radius 3 is 2.50 bits per heavy atom. The van der Waals surface area contributed by atoms with Gasteiger partial charge in [0.2, 0.25) is 5.91 Å². The van der Waals surface area contributed by atoms with Crippen molar-refractivity contribution in [2.24, 2.45) is 0 Å². The van der Waals surface area contributed by atoms with Crippen molar-refractivity contribution in [2.45, 2.75) is 20.3 Å². The molecular formula is C20H25ClN2O3. The van der Waals surface area contributed by atoms with Crippen LogP contribution in [0.2, 0.25) is 5.02 Å². The maximum atomic E-state index is 12.0. The van der Waals surface area contributed by atoms with Crippen LogP contribution in [0, 0.1) is 0 Å².